The molecule has 0 aromatic rings. The van der Waals surface area contributed by atoms with Crippen LogP contribution in [0.4, 0.5) is 0 Å². The minimum Gasteiger partial charge on any atom is -0.369 e. The molecule has 1 aliphatic rings. The van der Waals surface area contributed by atoms with Gasteiger partial charge in [-0.25, -0.2) is 0 Å². The lowest BCUT2D eigenvalue weighted by atomic mass is 9.92. The first-order valence-electron chi connectivity index (χ1n) is 5.68. The van der Waals surface area contributed by atoms with E-state index in [1.165, 1.54) is 0 Å². The lowest BCUT2D eigenvalue weighted by molar-refractivity contribution is -0.124. The molecule has 0 aromatic heterocycles. The molecule has 1 aliphatic heterocycles. The fraction of sp³-hybridized carbons (Fsp3) is 0.818. The highest BCUT2D eigenvalue weighted by Gasteiger charge is 2.29. The molecule has 0 aromatic carbocycles. The van der Waals surface area contributed by atoms with Crippen LogP contribution in [-0.2, 0) is 4.79 Å². The second kappa shape index (κ2) is 5.83. The summed E-state index contributed by atoms with van der Waals surface area (Å²) in [5.74, 6) is -0.290. The summed E-state index contributed by atoms with van der Waals surface area (Å²) in [6, 6.07) is 2.43. The summed E-state index contributed by atoms with van der Waals surface area (Å²) in [5.41, 5.74) is 5.32. The number of likely N-dealkylation sites (tertiary alicyclic amines) is 1. The first kappa shape index (κ1) is 12.9. The Labute approximate surface area is 96.6 Å². The van der Waals surface area contributed by atoms with Crippen molar-refractivity contribution in [2.24, 2.45) is 11.7 Å². The number of rotatable bonds is 4. The van der Waals surface area contributed by atoms with E-state index in [0.717, 1.165) is 12.8 Å². The SMILES string of the molecule is CNC(C#N)CN1CC(C(N)=O)CCC1C. The number of primary amides is 1. The largest absolute Gasteiger partial charge is 0.369 e. The molecule has 1 fully saturated rings. The summed E-state index contributed by atoms with van der Waals surface area (Å²) in [5, 5.41) is 11.8. The summed E-state index contributed by atoms with van der Waals surface area (Å²) in [7, 11) is 1.77. The predicted molar refractivity (Wildman–Crippen MR) is 61.4 cm³/mol. The number of nitriles is 1. The standard InChI is InChI=1S/C11H20N4O/c1-8-3-4-9(11(13)16)6-15(8)7-10(5-12)14-2/h8-10,14H,3-4,6-7H2,1-2H3,(H2,13,16). The van der Waals surface area contributed by atoms with E-state index in [1.807, 2.05) is 0 Å². The van der Waals surface area contributed by atoms with Gasteiger partial charge in [0.15, 0.2) is 0 Å². The van der Waals surface area contributed by atoms with Gasteiger partial charge in [0, 0.05) is 19.1 Å². The second-order valence-electron chi connectivity index (χ2n) is 4.45. The number of hydrogen-bond donors (Lipinski definition) is 2. The third-order valence-corrected chi connectivity index (χ3v) is 3.33. The maximum Gasteiger partial charge on any atom is 0.221 e. The third-order valence-electron chi connectivity index (χ3n) is 3.33. The summed E-state index contributed by atoms with van der Waals surface area (Å²) in [4.78, 5) is 13.3. The molecule has 3 atom stereocenters. The molecule has 1 saturated heterocycles. The molecule has 0 radical (unpaired) electrons. The molecular weight excluding hydrogens is 204 g/mol. The molecule has 5 heteroatoms. The van der Waals surface area contributed by atoms with E-state index < -0.39 is 0 Å². The number of nitrogens with zero attached hydrogens (tertiary/aromatic N) is 2. The number of nitrogens with two attached hydrogens (primary N) is 1. The quantitative estimate of drug-likeness (QED) is 0.686. The number of hydrogen-bond acceptors (Lipinski definition) is 4. The fourth-order valence-electron chi connectivity index (χ4n) is 2.10. The Balaban J connectivity index is 2.56. The smallest absolute Gasteiger partial charge is 0.221 e. The van der Waals surface area contributed by atoms with Crippen molar-refractivity contribution in [2.45, 2.75) is 31.8 Å². The molecule has 90 valence electrons. The molecule has 0 aliphatic carbocycles. The average molecular weight is 224 g/mol. The highest BCUT2D eigenvalue weighted by molar-refractivity contribution is 5.76. The molecule has 1 amide bonds. The zero-order chi connectivity index (χ0) is 12.1. The van der Waals surface area contributed by atoms with Crippen LogP contribution in [0.1, 0.15) is 19.8 Å². The van der Waals surface area contributed by atoms with Crippen molar-refractivity contribution in [2.75, 3.05) is 20.1 Å². The van der Waals surface area contributed by atoms with Crippen LogP contribution in [0.3, 0.4) is 0 Å². The minimum atomic E-state index is -0.227. The van der Waals surface area contributed by atoms with E-state index in [9.17, 15) is 4.79 Å². The van der Waals surface area contributed by atoms with Crippen LogP contribution in [0.5, 0.6) is 0 Å². The van der Waals surface area contributed by atoms with Gasteiger partial charge in [0.2, 0.25) is 5.91 Å². The molecule has 1 rings (SSSR count). The number of amides is 1. The molecule has 3 N–H and O–H groups in total. The molecule has 0 bridgehead atoms. The normalized spacial score (nSPS) is 28.3. The Morgan fingerprint density at radius 1 is 1.69 bits per heavy atom. The van der Waals surface area contributed by atoms with Crippen LogP contribution in [0.15, 0.2) is 0 Å². The van der Waals surface area contributed by atoms with Crippen molar-refractivity contribution in [3.05, 3.63) is 0 Å². The van der Waals surface area contributed by atoms with Crippen LogP contribution in [0.2, 0.25) is 0 Å². The Hall–Kier alpha value is -1.12. The number of carbonyl (C=O) groups is 1. The summed E-state index contributed by atoms with van der Waals surface area (Å²) in [6.45, 7) is 3.45. The van der Waals surface area contributed by atoms with Crippen molar-refractivity contribution in [1.82, 2.24) is 10.2 Å². The Kier molecular flexibility index (Phi) is 4.71. The van der Waals surface area contributed by atoms with Crippen LogP contribution in [-0.4, -0.2) is 43.0 Å². The van der Waals surface area contributed by atoms with E-state index in [2.05, 4.69) is 23.2 Å². The number of nitrogens with one attached hydrogen (secondary N) is 1. The van der Waals surface area contributed by atoms with Crippen LogP contribution in [0, 0.1) is 17.2 Å². The second-order valence-corrected chi connectivity index (χ2v) is 4.45. The van der Waals surface area contributed by atoms with Crippen molar-refractivity contribution >= 4 is 5.91 Å². The summed E-state index contributed by atoms with van der Waals surface area (Å²) in [6.07, 6.45) is 1.83. The molecule has 5 nitrogen and oxygen atoms in total. The molecular formula is C11H20N4O. The van der Waals surface area contributed by atoms with Crippen LogP contribution in [0.25, 0.3) is 0 Å². The van der Waals surface area contributed by atoms with Gasteiger partial charge in [0.05, 0.1) is 12.0 Å². The van der Waals surface area contributed by atoms with Gasteiger partial charge in [0.1, 0.15) is 6.04 Å². The number of likely N-dealkylation sites (N-methyl/N-ethyl adjacent to an activating group) is 1. The molecule has 3 unspecified atom stereocenters. The van der Waals surface area contributed by atoms with E-state index in [1.54, 1.807) is 7.05 Å². The predicted octanol–water partition coefficient (Wildman–Crippen LogP) is -0.316. The lowest BCUT2D eigenvalue weighted by Crippen LogP contribution is -2.50. The average Bonchev–Trinajstić information content (AvgIpc) is 2.27. The lowest BCUT2D eigenvalue weighted by Gasteiger charge is -2.37. The highest BCUT2D eigenvalue weighted by atomic mass is 16.1. The van der Waals surface area contributed by atoms with Crippen molar-refractivity contribution in [3.63, 3.8) is 0 Å². The van der Waals surface area contributed by atoms with Gasteiger partial charge >= 0.3 is 0 Å². The van der Waals surface area contributed by atoms with E-state index in [4.69, 9.17) is 11.0 Å². The topological polar surface area (TPSA) is 82.2 Å². The Morgan fingerprint density at radius 2 is 2.38 bits per heavy atom. The van der Waals surface area contributed by atoms with Crippen molar-refractivity contribution in [1.29, 1.82) is 5.26 Å². The molecule has 1 heterocycles. The Bertz CT molecular complexity index is 286. The first-order valence-corrected chi connectivity index (χ1v) is 5.68. The van der Waals surface area contributed by atoms with Gasteiger partial charge in [-0.2, -0.15) is 5.26 Å². The van der Waals surface area contributed by atoms with Gasteiger partial charge in [-0.15, -0.1) is 0 Å². The molecule has 0 spiro atoms. The van der Waals surface area contributed by atoms with Gasteiger partial charge in [0.25, 0.3) is 0 Å². The fourth-order valence-corrected chi connectivity index (χ4v) is 2.10. The van der Waals surface area contributed by atoms with Gasteiger partial charge in [-0.1, -0.05) is 0 Å². The van der Waals surface area contributed by atoms with Crippen molar-refractivity contribution < 1.29 is 4.79 Å². The monoisotopic (exact) mass is 224 g/mol. The Morgan fingerprint density at radius 3 is 2.88 bits per heavy atom. The number of carbonyl (C=O) groups excluding carboxylic acids is 1. The molecule has 16 heavy (non-hydrogen) atoms. The van der Waals surface area contributed by atoms with Crippen LogP contribution >= 0.6 is 0 Å². The van der Waals surface area contributed by atoms with Gasteiger partial charge < -0.3 is 11.1 Å². The molecule has 0 saturated carbocycles. The van der Waals surface area contributed by atoms with Crippen molar-refractivity contribution in [3.8, 4) is 6.07 Å². The summed E-state index contributed by atoms with van der Waals surface area (Å²) >= 11 is 0. The first-order chi connectivity index (χ1) is 7.58. The summed E-state index contributed by atoms with van der Waals surface area (Å²) < 4.78 is 0. The van der Waals surface area contributed by atoms with E-state index in [0.29, 0.717) is 19.1 Å². The maximum atomic E-state index is 11.1. The number of piperidine rings is 1. The van der Waals surface area contributed by atoms with Gasteiger partial charge in [-0.3, -0.25) is 9.69 Å². The minimum absolute atomic E-state index is 0.0626. The van der Waals surface area contributed by atoms with E-state index >= 15 is 0 Å². The zero-order valence-electron chi connectivity index (χ0n) is 9.94. The van der Waals surface area contributed by atoms with E-state index in [-0.39, 0.29) is 17.9 Å². The highest BCUT2D eigenvalue weighted by Crippen LogP contribution is 2.21. The van der Waals surface area contributed by atoms with Gasteiger partial charge in [-0.05, 0) is 26.8 Å². The zero-order valence-corrected chi connectivity index (χ0v) is 9.94. The van der Waals surface area contributed by atoms with Crippen LogP contribution < -0.4 is 11.1 Å². The maximum absolute atomic E-state index is 11.1. The third kappa shape index (κ3) is 3.19.